The molecule has 1 amide bonds. The van der Waals surface area contributed by atoms with Crippen LogP contribution < -0.4 is 10.0 Å². The van der Waals surface area contributed by atoms with Crippen LogP contribution in [0.3, 0.4) is 0 Å². The van der Waals surface area contributed by atoms with Crippen LogP contribution in [-0.2, 0) is 54.0 Å². The summed E-state index contributed by atoms with van der Waals surface area (Å²) in [4.78, 5) is 22.9. The van der Waals surface area contributed by atoms with E-state index in [9.17, 15) is 35.2 Å². The number of imidazole rings is 1. The van der Waals surface area contributed by atoms with Crippen molar-refractivity contribution in [1.29, 1.82) is 0 Å². The molecule has 3 atom stereocenters. The number of pyridine rings is 1. The monoisotopic (exact) mass is 859 g/mol. The minimum absolute atomic E-state index is 0.00605. The predicted molar refractivity (Wildman–Crippen MR) is 200 cm³/mol. The Bertz CT molecular complexity index is 2880. The van der Waals surface area contributed by atoms with Crippen LogP contribution in [0.25, 0.3) is 22.0 Å². The lowest BCUT2D eigenvalue weighted by molar-refractivity contribution is -0.142. The number of hydrogen-bond donors (Lipinski definition) is 2. The first kappa shape index (κ1) is 39.9. The van der Waals surface area contributed by atoms with Gasteiger partial charge < -0.3 is 9.88 Å². The average Bonchev–Trinajstić information content (AvgIpc) is 3.37. The van der Waals surface area contributed by atoms with Gasteiger partial charge in [0.05, 0.1) is 40.2 Å². The second-order valence-corrected chi connectivity index (χ2v) is 16.6. The molecule has 0 radical (unpaired) electrons. The highest BCUT2D eigenvalue weighted by Crippen LogP contribution is 2.68. The smallest absolute Gasteiger partial charge is 0.346 e. The van der Waals surface area contributed by atoms with Crippen LogP contribution in [0.5, 0.6) is 0 Å². The maximum atomic E-state index is 15.4. The van der Waals surface area contributed by atoms with Crippen molar-refractivity contribution < 1.29 is 43.9 Å². The van der Waals surface area contributed by atoms with Crippen molar-refractivity contribution in [3.05, 3.63) is 111 Å². The number of amides is 1. The first-order valence-electron chi connectivity index (χ1n) is 17.6. The minimum Gasteiger partial charge on any atom is -0.346 e. The minimum atomic E-state index is -5.08. The summed E-state index contributed by atoms with van der Waals surface area (Å²) >= 11 is 6.59. The Morgan fingerprint density at radius 1 is 1.03 bits per heavy atom. The van der Waals surface area contributed by atoms with Crippen molar-refractivity contribution >= 4 is 44.3 Å². The molecule has 0 saturated heterocycles. The molecule has 8 rings (SSSR count). The van der Waals surface area contributed by atoms with E-state index in [-0.39, 0.29) is 57.1 Å². The Morgan fingerprint density at radius 2 is 1.73 bits per heavy atom. The zero-order valence-corrected chi connectivity index (χ0v) is 32.4. The van der Waals surface area contributed by atoms with Crippen molar-refractivity contribution in [3.8, 4) is 23.0 Å². The number of sulfonamides is 1. The second-order valence-electron chi connectivity index (χ2n) is 14.4. The molecule has 12 nitrogen and oxygen atoms in total. The Labute approximate surface area is 335 Å². The highest BCUT2D eigenvalue weighted by molar-refractivity contribution is 7.92. The molecule has 0 bridgehead atoms. The van der Waals surface area contributed by atoms with Gasteiger partial charge in [0.25, 0.3) is 5.92 Å². The molecular weight excluding hydrogens is 831 g/mol. The van der Waals surface area contributed by atoms with E-state index in [2.05, 4.69) is 37.1 Å². The molecule has 4 heterocycles. The fourth-order valence-corrected chi connectivity index (χ4v) is 8.37. The predicted octanol–water partition coefficient (Wildman–Crippen LogP) is 6.60. The summed E-state index contributed by atoms with van der Waals surface area (Å²) in [6, 6.07) is 7.38. The first-order valence-corrected chi connectivity index (χ1v) is 19.9. The molecule has 1 saturated carbocycles. The SMILES string of the molecule is Cn1cnc(C#Cc2ccc(-c3ccc(Cl)c4c(NS(C)(=O)=O)nn(C)c34)c(C(Cc3cc(F)cc(F)c3)NC(=O)Cn3nc(C(F)(F)F)c4c3C(F)(F)[C@@H]3C[C@H]43)n2)c1. The summed E-state index contributed by atoms with van der Waals surface area (Å²) in [6.45, 7) is -1.08. The quantitative estimate of drug-likeness (QED) is 0.123. The molecule has 2 aliphatic carbocycles. The summed E-state index contributed by atoms with van der Waals surface area (Å²) in [5.74, 6) is -3.44. The maximum absolute atomic E-state index is 15.4. The lowest BCUT2D eigenvalue weighted by Gasteiger charge is -2.23. The molecule has 1 fully saturated rings. The van der Waals surface area contributed by atoms with Crippen molar-refractivity contribution in [2.75, 3.05) is 11.0 Å². The van der Waals surface area contributed by atoms with Gasteiger partial charge in [-0.3, -0.25) is 18.9 Å². The van der Waals surface area contributed by atoms with E-state index < -0.39 is 81.0 Å². The molecule has 2 aromatic carbocycles. The Kier molecular flexibility index (Phi) is 9.54. The molecule has 4 aromatic heterocycles. The molecule has 0 aliphatic heterocycles. The normalized spacial score (nSPS) is 17.3. The standard InChI is InChI=1S/C38H29ClF7N9O3S/c1-53-15-22(47-17-53)5-4-21-6-7-23(24-8-9-27(39)31-33(24)54(2)51-36(31)52-59(3,57)58)32(48-21)28(12-18-10-19(40)13-20(41)11-18)49-29(56)16-55-35-30(34(50-55)38(44,45)46)25-14-26(25)37(35,42)43/h6-11,13,15,17,25-26,28H,12,14,16H2,1-3H3,(H,49,56)(H,51,52)/t25-,26+,28?/m0/s1. The molecule has 21 heteroatoms. The van der Waals surface area contributed by atoms with Gasteiger partial charge in [0.2, 0.25) is 15.9 Å². The van der Waals surface area contributed by atoms with Crippen LogP contribution in [-0.4, -0.2) is 54.7 Å². The van der Waals surface area contributed by atoms with Crippen molar-refractivity contribution in [1.82, 2.24) is 39.4 Å². The molecule has 1 unspecified atom stereocenters. The van der Waals surface area contributed by atoms with Gasteiger partial charge in [-0.05, 0) is 66.5 Å². The van der Waals surface area contributed by atoms with E-state index in [1.807, 2.05) is 0 Å². The third-order valence-electron chi connectivity index (χ3n) is 9.98. The Hall–Kier alpha value is -5.94. The number of aryl methyl sites for hydroxylation is 2. The third kappa shape index (κ3) is 7.60. The van der Waals surface area contributed by atoms with Gasteiger partial charge in [0.1, 0.15) is 35.3 Å². The molecule has 59 heavy (non-hydrogen) atoms. The van der Waals surface area contributed by atoms with Crippen LogP contribution in [0.15, 0.2) is 55.0 Å². The second kappa shape index (κ2) is 14.1. The molecular formula is C38H29ClF7N9O3S. The number of halogens is 8. The number of nitrogens with zero attached hydrogens (tertiary/aromatic N) is 7. The van der Waals surface area contributed by atoms with E-state index in [0.29, 0.717) is 22.0 Å². The fourth-order valence-electron chi connectivity index (χ4n) is 7.63. The number of hydrogen-bond acceptors (Lipinski definition) is 7. The number of fused-ring (bicyclic) bond motifs is 4. The number of alkyl halides is 5. The van der Waals surface area contributed by atoms with Gasteiger partial charge in [-0.2, -0.15) is 32.1 Å². The van der Waals surface area contributed by atoms with Gasteiger partial charge in [0.15, 0.2) is 11.5 Å². The van der Waals surface area contributed by atoms with Crippen LogP contribution in [0, 0.1) is 29.4 Å². The molecule has 0 spiro atoms. The van der Waals surface area contributed by atoms with E-state index in [0.717, 1.165) is 18.4 Å². The highest BCUT2D eigenvalue weighted by Gasteiger charge is 2.68. The molecule has 306 valence electrons. The van der Waals surface area contributed by atoms with E-state index in [1.165, 1.54) is 30.2 Å². The van der Waals surface area contributed by atoms with Crippen LogP contribution in [0.4, 0.5) is 36.6 Å². The largest absolute Gasteiger partial charge is 0.435 e. The summed E-state index contributed by atoms with van der Waals surface area (Å²) in [7, 11) is -0.597. The van der Waals surface area contributed by atoms with Gasteiger partial charge in [-0.15, -0.1) is 0 Å². The Balaban J connectivity index is 1.28. The number of nitrogens with one attached hydrogen (secondary N) is 2. The first-order chi connectivity index (χ1) is 27.7. The van der Waals surface area contributed by atoms with Gasteiger partial charge in [-0.1, -0.05) is 17.7 Å². The van der Waals surface area contributed by atoms with Crippen LogP contribution in [0.1, 0.15) is 58.0 Å². The topological polar surface area (TPSA) is 142 Å². The van der Waals surface area contributed by atoms with Gasteiger partial charge in [-0.25, -0.2) is 27.2 Å². The molecule has 2 N–H and O–H groups in total. The average molecular weight is 860 g/mol. The highest BCUT2D eigenvalue weighted by atomic mass is 35.5. The number of carbonyl (C=O) groups is 1. The fraction of sp³-hybridized carbons (Fsp3) is 0.289. The zero-order valence-electron chi connectivity index (χ0n) is 30.8. The summed E-state index contributed by atoms with van der Waals surface area (Å²) in [5.41, 5.74) is -1.75. The van der Waals surface area contributed by atoms with Crippen LogP contribution in [0.2, 0.25) is 5.02 Å². The number of anilines is 1. The summed E-state index contributed by atoms with van der Waals surface area (Å²) < 4.78 is 133. The van der Waals surface area contributed by atoms with E-state index in [4.69, 9.17) is 16.6 Å². The Morgan fingerprint density at radius 3 is 2.39 bits per heavy atom. The number of rotatable bonds is 9. The molecule has 2 aliphatic rings. The van der Waals surface area contributed by atoms with Crippen LogP contribution >= 0.6 is 11.6 Å². The van der Waals surface area contributed by atoms with Crippen molar-refractivity contribution in [2.45, 2.75) is 43.4 Å². The lowest BCUT2D eigenvalue weighted by atomic mass is 9.93. The van der Waals surface area contributed by atoms with E-state index >= 15 is 8.78 Å². The number of aromatic nitrogens is 7. The summed E-state index contributed by atoms with van der Waals surface area (Å²) in [6.07, 6.45) is -1.53. The van der Waals surface area contributed by atoms with Gasteiger partial charge in [0, 0.05) is 49.0 Å². The van der Waals surface area contributed by atoms with E-state index in [1.54, 1.807) is 29.9 Å². The maximum Gasteiger partial charge on any atom is 0.435 e. The lowest BCUT2D eigenvalue weighted by Crippen LogP contribution is -2.35. The number of carbonyl (C=O) groups excluding carboxylic acids is 1. The van der Waals surface area contributed by atoms with Crippen molar-refractivity contribution in [3.63, 3.8) is 0 Å². The third-order valence-corrected chi connectivity index (χ3v) is 10.9. The molecule has 6 aromatic rings. The van der Waals surface area contributed by atoms with Crippen molar-refractivity contribution in [2.24, 2.45) is 20.0 Å². The zero-order chi connectivity index (χ0) is 42.3. The summed E-state index contributed by atoms with van der Waals surface area (Å²) in [5, 5.41) is 10.7. The number of benzene rings is 2. The van der Waals surface area contributed by atoms with Gasteiger partial charge >= 0.3 is 6.18 Å².